The van der Waals surface area contributed by atoms with Gasteiger partial charge in [-0.2, -0.15) is 0 Å². The number of hydrogen-bond donors (Lipinski definition) is 0. The van der Waals surface area contributed by atoms with Crippen molar-refractivity contribution in [1.29, 1.82) is 0 Å². The van der Waals surface area contributed by atoms with E-state index in [1.54, 1.807) is 18.2 Å². The molecular weight excluding hydrogens is 472 g/mol. The number of anilines is 1. The molecule has 0 bridgehead atoms. The first-order chi connectivity index (χ1) is 15.0. The van der Waals surface area contributed by atoms with Crippen LogP contribution in [0.5, 0.6) is 0 Å². The van der Waals surface area contributed by atoms with E-state index in [4.69, 9.17) is 4.74 Å². The van der Waals surface area contributed by atoms with Crippen LogP contribution in [0.4, 0.5) is 5.13 Å². The van der Waals surface area contributed by atoms with Crippen LogP contribution in [0.2, 0.25) is 0 Å². The Hall–Kier alpha value is -2.34. The van der Waals surface area contributed by atoms with Crippen LogP contribution >= 0.6 is 11.3 Å². The summed E-state index contributed by atoms with van der Waals surface area (Å²) in [6.07, 6.45) is 3.66. The van der Waals surface area contributed by atoms with Crippen molar-refractivity contribution >= 4 is 52.3 Å². The normalized spacial score (nSPS) is 17.0. The van der Waals surface area contributed by atoms with E-state index in [1.165, 1.54) is 40.5 Å². The third kappa shape index (κ3) is 4.70. The standard InChI is InChI=1S/C21H22N2O6S3/c1-31(25,26)15-9-10-17-18(12-15)30-21(22-17)23(13-14-6-5-11-29-14)20(24)16-7-3-4-8-19(16)32(2,27)28/h3-4,7-10,12,14H,5-6,11,13H2,1-2H3. The van der Waals surface area contributed by atoms with Crippen LogP contribution < -0.4 is 4.90 Å². The van der Waals surface area contributed by atoms with Crippen molar-refractivity contribution in [3.63, 3.8) is 0 Å². The van der Waals surface area contributed by atoms with Gasteiger partial charge in [-0.1, -0.05) is 23.5 Å². The van der Waals surface area contributed by atoms with Gasteiger partial charge in [-0.25, -0.2) is 21.8 Å². The summed E-state index contributed by atoms with van der Waals surface area (Å²) in [6, 6.07) is 10.7. The lowest BCUT2D eigenvalue weighted by atomic mass is 10.1. The Bertz CT molecular complexity index is 1390. The smallest absolute Gasteiger partial charge is 0.261 e. The molecule has 1 aliphatic rings. The highest BCUT2D eigenvalue weighted by molar-refractivity contribution is 7.91. The maximum atomic E-state index is 13.6. The molecule has 0 aliphatic carbocycles. The number of rotatable bonds is 6. The molecule has 8 nitrogen and oxygen atoms in total. The van der Waals surface area contributed by atoms with E-state index in [-0.39, 0.29) is 28.0 Å². The molecule has 0 radical (unpaired) electrons. The average molecular weight is 495 g/mol. The summed E-state index contributed by atoms with van der Waals surface area (Å²) in [4.78, 5) is 19.7. The zero-order valence-corrected chi connectivity index (χ0v) is 20.0. The lowest BCUT2D eigenvalue weighted by Gasteiger charge is -2.24. The predicted molar refractivity (Wildman–Crippen MR) is 123 cm³/mol. The molecule has 170 valence electrons. The second kappa shape index (κ2) is 8.54. The summed E-state index contributed by atoms with van der Waals surface area (Å²) >= 11 is 1.18. The molecule has 2 aromatic carbocycles. The van der Waals surface area contributed by atoms with E-state index in [0.717, 1.165) is 25.4 Å². The summed E-state index contributed by atoms with van der Waals surface area (Å²) < 4.78 is 54.7. The highest BCUT2D eigenvalue weighted by Crippen LogP contribution is 2.33. The summed E-state index contributed by atoms with van der Waals surface area (Å²) in [5.41, 5.74) is 0.614. The van der Waals surface area contributed by atoms with Gasteiger partial charge in [0, 0.05) is 19.1 Å². The third-order valence-electron chi connectivity index (χ3n) is 5.18. The molecule has 11 heteroatoms. The minimum absolute atomic E-state index is 0.0529. The lowest BCUT2D eigenvalue weighted by Crippen LogP contribution is -2.38. The van der Waals surface area contributed by atoms with E-state index >= 15 is 0 Å². The first-order valence-electron chi connectivity index (χ1n) is 9.87. The van der Waals surface area contributed by atoms with Gasteiger partial charge in [-0.3, -0.25) is 9.69 Å². The molecule has 1 unspecified atom stereocenters. The number of nitrogens with zero attached hydrogens (tertiary/aromatic N) is 2. The number of thiazole rings is 1. The van der Waals surface area contributed by atoms with Gasteiger partial charge in [0.25, 0.3) is 5.91 Å². The fourth-order valence-electron chi connectivity index (χ4n) is 3.59. The quantitative estimate of drug-likeness (QED) is 0.518. The molecule has 1 saturated heterocycles. The van der Waals surface area contributed by atoms with Crippen LogP contribution in [0.3, 0.4) is 0 Å². The topological polar surface area (TPSA) is 111 Å². The Labute approximate surface area is 190 Å². The van der Waals surface area contributed by atoms with Crippen molar-refractivity contribution in [3.8, 4) is 0 Å². The largest absolute Gasteiger partial charge is 0.376 e. The fourth-order valence-corrected chi connectivity index (χ4v) is 6.21. The Kier molecular flexibility index (Phi) is 6.10. The summed E-state index contributed by atoms with van der Waals surface area (Å²) in [6.45, 7) is 0.819. The summed E-state index contributed by atoms with van der Waals surface area (Å²) in [5, 5.41) is 0.356. The van der Waals surface area contributed by atoms with Crippen LogP contribution in [0.1, 0.15) is 23.2 Å². The van der Waals surface area contributed by atoms with Gasteiger partial charge in [0.2, 0.25) is 0 Å². The van der Waals surface area contributed by atoms with Crippen molar-refractivity contribution in [2.24, 2.45) is 0 Å². The van der Waals surface area contributed by atoms with Crippen LogP contribution in [0, 0.1) is 0 Å². The van der Waals surface area contributed by atoms with Gasteiger partial charge in [0.15, 0.2) is 24.8 Å². The van der Waals surface area contributed by atoms with Gasteiger partial charge in [-0.05, 0) is 43.2 Å². The van der Waals surface area contributed by atoms with E-state index < -0.39 is 25.6 Å². The number of ether oxygens (including phenoxy) is 1. The van der Waals surface area contributed by atoms with E-state index in [1.807, 2.05) is 0 Å². The molecule has 1 atom stereocenters. The number of fused-ring (bicyclic) bond motifs is 1. The van der Waals surface area contributed by atoms with E-state index in [0.29, 0.717) is 22.0 Å². The minimum atomic E-state index is -3.63. The lowest BCUT2D eigenvalue weighted by molar-refractivity contribution is 0.0915. The Morgan fingerprint density at radius 1 is 1.12 bits per heavy atom. The molecule has 0 N–H and O–H groups in total. The molecule has 3 aromatic rings. The number of carbonyl (C=O) groups excluding carboxylic acids is 1. The minimum Gasteiger partial charge on any atom is -0.376 e. The zero-order chi connectivity index (χ0) is 23.1. The second-order valence-electron chi connectivity index (χ2n) is 7.72. The molecule has 0 spiro atoms. The highest BCUT2D eigenvalue weighted by Gasteiger charge is 2.30. The molecule has 1 fully saturated rings. The Morgan fingerprint density at radius 3 is 2.53 bits per heavy atom. The van der Waals surface area contributed by atoms with Crippen LogP contribution in [0.15, 0.2) is 52.3 Å². The molecular formula is C21H22N2O6S3. The SMILES string of the molecule is CS(=O)(=O)c1ccc2nc(N(CC3CCCO3)C(=O)c3ccccc3S(C)(=O)=O)sc2c1. The number of amides is 1. The molecule has 4 rings (SSSR count). The van der Waals surface area contributed by atoms with Crippen molar-refractivity contribution in [3.05, 3.63) is 48.0 Å². The highest BCUT2D eigenvalue weighted by atomic mass is 32.2. The van der Waals surface area contributed by atoms with Gasteiger partial charge in [0.1, 0.15) is 0 Å². The number of aromatic nitrogens is 1. The molecule has 0 saturated carbocycles. The molecule has 1 amide bonds. The first-order valence-corrected chi connectivity index (χ1v) is 14.5. The molecule has 1 aromatic heterocycles. The maximum absolute atomic E-state index is 13.6. The van der Waals surface area contributed by atoms with E-state index in [2.05, 4.69) is 4.98 Å². The number of hydrogen-bond acceptors (Lipinski definition) is 8. The molecule has 32 heavy (non-hydrogen) atoms. The number of sulfone groups is 2. The van der Waals surface area contributed by atoms with Gasteiger partial charge in [0.05, 0.1) is 38.2 Å². The zero-order valence-electron chi connectivity index (χ0n) is 17.5. The average Bonchev–Trinajstić information content (AvgIpc) is 3.39. The number of carbonyl (C=O) groups is 1. The number of benzene rings is 2. The monoisotopic (exact) mass is 494 g/mol. The first kappa shape index (κ1) is 22.8. The van der Waals surface area contributed by atoms with Crippen LogP contribution in [-0.2, 0) is 24.4 Å². The third-order valence-corrected chi connectivity index (χ3v) is 8.49. The fraction of sp³-hybridized carbons (Fsp3) is 0.333. The summed E-state index contributed by atoms with van der Waals surface area (Å²) in [5.74, 6) is -0.496. The van der Waals surface area contributed by atoms with Crippen LogP contribution in [-0.4, -0.2) is 59.5 Å². The van der Waals surface area contributed by atoms with Crippen molar-refractivity contribution in [2.45, 2.75) is 28.7 Å². The van der Waals surface area contributed by atoms with Gasteiger partial charge >= 0.3 is 0 Å². The van der Waals surface area contributed by atoms with Crippen molar-refractivity contribution in [1.82, 2.24) is 4.98 Å². The predicted octanol–water partition coefficient (Wildman–Crippen LogP) is 2.93. The molecule has 2 heterocycles. The molecule has 1 aliphatic heterocycles. The van der Waals surface area contributed by atoms with Crippen molar-refractivity contribution < 1.29 is 26.4 Å². The van der Waals surface area contributed by atoms with E-state index in [9.17, 15) is 21.6 Å². The van der Waals surface area contributed by atoms with Gasteiger partial charge in [-0.15, -0.1) is 0 Å². The summed E-state index contributed by atoms with van der Waals surface area (Å²) in [7, 11) is -7.02. The Morgan fingerprint density at radius 2 is 1.88 bits per heavy atom. The van der Waals surface area contributed by atoms with Crippen LogP contribution in [0.25, 0.3) is 10.2 Å². The Balaban J connectivity index is 1.80. The second-order valence-corrected chi connectivity index (χ2v) is 12.7. The van der Waals surface area contributed by atoms with Crippen molar-refractivity contribution in [2.75, 3.05) is 30.6 Å². The van der Waals surface area contributed by atoms with Gasteiger partial charge < -0.3 is 4.74 Å². The maximum Gasteiger partial charge on any atom is 0.261 e.